The van der Waals surface area contributed by atoms with Gasteiger partial charge in [-0.05, 0) is 65.6 Å². The predicted octanol–water partition coefficient (Wildman–Crippen LogP) is 5.43. The fourth-order valence-corrected chi connectivity index (χ4v) is 4.66. The van der Waals surface area contributed by atoms with Crippen LogP contribution in [0.1, 0.15) is 26.3 Å². The summed E-state index contributed by atoms with van der Waals surface area (Å²) in [5, 5.41) is 2.26. The van der Waals surface area contributed by atoms with Gasteiger partial charge in [0, 0.05) is 10.6 Å². The predicted molar refractivity (Wildman–Crippen MR) is 118 cm³/mol. The molecule has 0 atom stereocenters. The first-order valence-corrected chi connectivity index (χ1v) is 10.5. The summed E-state index contributed by atoms with van der Waals surface area (Å²) < 4.78 is 17.3. The Morgan fingerprint density at radius 2 is 1.11 bits per heavy atom. The highest BCUT2D eigenvalue weighted by Crippen LogP contribution is 2.41. The van der Waals surface area contributed by atoms with Gasteiger partial charge in [0.05, 0.1) is 14.2 Å². The van der Waals surface area contributed by atoms with Crippen molar-refractivity contribution < 1.29 is 14.0 Å². The summed E-state index contributed by atoms with van der Waals surface area (Å²) in [5.74, 6) is 2.60. The number of para-hydroxylation sites is 1. The SMILES string of the molecule is COc1ccc(P(Oc2ccccc2C(C)(C)C)c2ccc(OC)cc2)cc1. The molecule has 0 bridgehead atoms. The van der Waals surface area contributed by atoms with Gasteiger partial charge in [0.25, 0.3) is 0 Å². The van der Waals surface area contributed by atoms with E-state index in [-0.39, 0.29) is 5.41 Å². The van der Waals surface area contributed by atoms with Crippen LogP contribution >= 0.6 is 8.15 Å². The molecule has 28 heavy (non-hydrogen) atoms. The smallest absolute Gasteiger partial charge is 0.150 e. The van der Waals surface area contributed by atoms with Gasteiger partial charge in [-0.1, -0.05) is 39.0 Å². The molecule has 3 aromatic rings. The summed E-state index contributed by atoms with van der Waals surface area (Å²) in [7, 11) is 2.32. The third-order valence-corrected chi connectivity index (χ3v) is 6.41. The fourth-order valence-electron chi connectivity index (χ4n) is 2.95. The van der Waals surface area contributed by atoms with Gasteiger partial charge in [-0.2, -0.15) is 0 Å². The van der Waals surface area contributed by atoms with Crippen LogP contribution in [0.15, 0.2) is 72.8 Å². The molecule has 0 unspecified atom stereocenters. The molecule has 3 aromatic carbocycles. The van der Waals surface area contributed by atoms with Crippen LogP contribution in [0.25, 0.3) is 0 Å². The van der Waals surface area contributed by atoms with Gasteiger partial charge in [-0.15, -0.1) is 0 Å². The van der Waals surface area contributed by atoms with Crippen molar-refractivity contribution in [1.82, 2.24) is 0 Å². The molecular weight excluding hydrogens is 367 g/mol. The first-order valence-electron chi connectivity index (χ1n) is 9.28. The molecule has 3 rings (SSSR count). The molecule has 0 radical (unpaired) electrons. The third kappa shape index (κ3) is 4.66. The lowest BCUT2D eigenvalue weighted by Gasteiger charge is -2.26. The van der Waals surface area contributed by atoms with E-state index in [1.54, 1.807) is 14.2 Å². The van der Waals surface area contributed by atoms with Crippen molar-refractivity contribution in [3.63, 3.8) is 0 Å². The van der Waals surface area contributed by atoms with Crippen molar-refractivity contribution in [1.29, 1.82) is 0 Å². The summed E-state index contributed by atoms with van der Waals surface area (Å²) >= 11 is 0. The molecule has 3 nitrogen and oxygen atoms in total. The van der Waals surface area contributed by atoms with Crippen LogP contribution in [-0.2, 0) is 5.41 Å². The lowest BCUT2D eigenvalue weighted by molar-refractivity contribution is 0.415. The second kappa shape index (κ2) is 8.67. The monoisotopic (exact) mass is 394 g/mol. The molecule has 0 fully saturated rings. The zero-order valence-corrected chi connectivity index (χ0v) is 18.0. The molecule has 0 aliphatic rings. The standard InChI is InChI=1S/C24H27O3P/c1-24(2,3)22-8-6-7-9-23(22)27-28(20-14-10-18(25-4)11-15-20)21-16-12-19(26-5)13-17-21/h6-17H,1-5H3. The number of rotatable bonds is 6. The lowest BCUT2D eigenvalue weighted by atomic mass is 9.86. The number of benzene rings is 3. The minimum absolute atomic E-state index is 0.00257. The summed E-state index contributed by atoms with van der Waals surface area (Å²) in [6.07, 6.45) is 0. The molecular formula is C24H27O3P. The average molecular weight is 394 g/mol. The molecule has 0 saturated carbocycles. The highest BCUT2D eigenvalue weighted by atomic mass is 31.1. The van der Waals surface area contributed by atoms with Crippen molar-refractivity contribution in [2.75, 3.05) is 14.2 Å². The topological polar surface area (TPSA) is 27.7 Å². The average Bonchev–Trinajstić information content (AvgIpc) is 2.72. The van der Waals surface area contributed by atoms with Gasteiger partial charge >= 0.3 is 0 Å². The number of hydrogen-bond acceptors (Lipinski definition) is 3. The van der Waals surface area contributed by atoms with Crippen LogP contribution in [0, 0.1) is 0 Å². The minimum atomic E-state index is -1.04. The minimum Gasteiger partial charge on any atom is -0.497 e. The van der Waals surface area contributed by atoms with Gasteiger partial charge in [0.1, 0.15) is 17.2 Å². The lowest BCUT2D eigenvalue weighted by Crippen LogP contribution is -2.18. The van der Waals surface area contributed by atoms with E-state index in [1.807, 2.05) is 30.3 Å². The largest absolute Gasteiger partial charge is 0.497 e. The van der Waals surface area contributed by atoms with Gasteiger partial charge in [-0.3, -0.25) is 0 Å². The molecule has 0 aromatic heterocycles. The molecule has 0 aliphatic carbocycles. The van der Waals surface area contributed by atoms with E-state index in [0.29, 0.717) is 0 Å². The quantitative estimate of drug-likeness (QED) is 0.522. The third-order valence-electron chi connectivity index (χ3n) is 4.50. The van der Waals surface area contributed by atoms with Crippen molar-refractivity contribution in [2.45, 2.75) is 26.2 Å². The Labute approximate surface area is 169 Å². The van der Waals surface area contributed by atoms with Crippen LogP contribution < -0.4 is 24.6 Å². The van der Waals surface area contributed by atoms with E-state index in [9.17, 15) is 0 Å². The van der Waals surface area contributed by atoms with E-state index in [4.69, 9.17) is 14.0 Å². The van der Waals surface area contributed by atoms with Crippen molar-refractivity contribution in [3.05, 3.63) is 78.4 Å². The maximum absolute atomic E-state index is 6.67. The van der Waals surface area contributed by atoms with Crippen molar-refractivity contribution in [2.24, 2.45) is 0 Å². The van der Waals surface area contributed by atoms with E-state index in [1.165, 1.54) is 5.56 Å². The van der Waals surface area contributed by atoms with E-state index < -0.39 is 8.15 Å². The number of methoxy groups -OCH3 is 2. The van der Waals surface area contributed by atoms with E-state index >= 15 is 0 Å². The zero-order chi connectivity index (χ0) is 20.1. The number of hydrogen-bond donors (Lipinski definition) is 0. The van der Waals surface area contributed by atoms with Crippen LogP contribution in [0.4, 0.5) is 0 Å². The summed E-state index contributed by atoms with van der Waals surface area (Å²) in [4.78, 5) is 0. The summed E-state index contributed by atoms with van der Waals surface area (Å²) in [5.41, 5.74) is 1.20. The van der Waals surface area contributed by atoms with Crippen LogP contribution in [0.2, 0.25) is 0 Å². The second-order valence-electron chi connectivity index (χ2n) is 7.53. The molecule has 0 spiro atoms. The molecule has 0 N–H and O–H groups in total. The Hall–Kier alpha value is -2.51. The molecule has 0 aliphatic heterocycles. The first-order chi connectivity index (χ1) is 13.4. The van der Waals surface area contributed by atoms with Gasteiger partial charge in [0.15, 0.2) is 8.15 Å². The normalized spacial score (nSPS) is 11.4. The zero-order valence-electron chi connectivity index (χ0n) is 17.1. The molecule has 4 heteroatoms. The van der Waals surface area contributed by atoms with Crippen molar-refractivity contribution >= 4 is 18.8 Å². The highest BCUT2D eigenvalue weighted by Gasteiger charge is 2.23. The fraction of sp³-hybridized carbons (Fsp3) is 0.250. The number of ether oxygens (including phenoxy) is 2. The van der Waals surface area contributed by atoms with Gasteiger partial charge in [-0.25, -0.2) is 0 Å². The van der Waals surface area contributed by atoms with Crippen LogP contribution in [0.5, 0.6) is 17.2 Å². The molecule has 0 heterocycles. The van der Waals surface area contributed by atoms with E-state index in [2.05, 4.69) is 63.2 Å². The van der Waals surface area contributed by atoms with Crippen molar-refractivity contribution in [3.8, 4) is 17.2 Å². The highest BCUT2D eigenvalue weighted by molar-refractivity contribution is 7.68. The Morgan fingerprint density at radius 3 is 1.54 bits per heavy atom. The molecule has 146 valence electrons. The maximum Gasteiger partial charge on any atom is 0.150 e. The van der Waals surface area contributed by atoms with E-state index in [0.717, 1.165) is 27.9 Å². The first kappa shape index (κ1) is 20.2. The van der Waals surface area contributed by atoms with Gasteiger partial charge in [0.2, 0.25) is 0 Å². The van der Waals surface area contributed by atoms with Crippen LogP contribution in [-0.4, -0.2) is 14.2 Å². The second-order valence-corrected chi connectivity index (χ2v) is 9.33. The van der Waals surface area contributed by atoms with Gasteiger partial charge < -0.3 is 14.0 Å². The molecule has 0 saturated heterocycles. The Bertz CT molecular complexity index is 849. The summed E-state index contributed by atoms with van der Waals surface area (Å²) in [6.45, 7) is 6.62. The van der Waals surface area contributed by atoms with Crippen LogP contribution in [0.3, 0.4) is 0 Å². The summed E-state index contributed by atoms with van der Waals surface area (Å²) in [6, 6.07) is 24.5. The Morgan fingerprint density at radius 1 is 0.643 bits per heavy atom. The Balaban J connectivity index is 2.03. The molecule has 0 amide bonds. The Kier molecular flexibility index (Phi) is 6.26. The maximum atomic E-state index is 6.67.